The molecule has 0 bridgehead atoms. The molecule has 0 fully saturated rings. The molecular weight excluding hydrogens is 1060 g/mol. The van der Waals surface area contributed by atoms with Gasteiger partial charge in [0.2, 0.25) is 0 Å². The first-order valence-electron chi connectivity index (χ1n) is 32.0. The zero-order valence-corrected chi connectivity index (χ0v) is 48.8. The van der Waals surface area contributed by atoms with E-state index >= 15 is 17.6 Å². The highest BCUT2D eigenvalue weighted by atomic mass is 19.2. The summed E-state index contributed by atoms with van der Waals surface area (Å²) in [6.45, 7) is 8.31. The molecule has 15 rings (SSSR count). The Hall–Kier alpha value is -7.38. The molecule has 1 aliphatic heterocycles. The van der Waals surface area contributed by atoms with Gasteiger partial charge in [0.05, 0.1) is 5.41 Å². The molecule has 8 atom stereocenters. The van der Waals surface area contributed by atoms with E-state index < -0.39 is 23.6 Å². The summed E-state index contributed by atoms with van der Waals surface area (Å²) < 4.78 is 68.9. The molecule has 0 amide bonds. The van der Waals surface area contributed by atoms with Crippen LogP contribution in [0, 0.1) is 34.3 Å². The van der Waals surface area contributed by atoms with Crippen LogP contribution in [0.4, 0.5) is 28.9 Å². The van der Waals surface area contributed by atoms with Crippen molar-refractivity contribution in [1.29, 1.82) is 0 Å². The van der Waals surface area contributed by atoms with Crippen molar-refractivity contribution in [3.8, 4) is 5.75 Å². The molecule has 2 aromatic rings. The molecule has 85 heavy (non-hydrogen) atoms. The molecule has 0 N–H and O–H groups in total. The Morgan fingerprint density at radius 2 is 1.47 bits per heavy atom. The van der Waals surface area contributed by atoms with Crippen molar-refractivity contribution < 1.29 is 22.3 Å². The lowest BCUT2D eigenvalue weighted by atomic mass is 9.56. The van der Waals surface area contributed by atoms with Crippen LogP contribution in [0.1, 0.15) is 140 Å². The topological polar surface area (TPSA) is 15.7 Å². The third-order valence-electron chi connectivity index (χ3n) is 21.6. The van der Waals surface area contributed by atoms with E-state index in [9.17, 15) is 0 Å². The zero-order chi connectivity index (χ0) is 57.6. The third-order valence-corrected chi connectivity index (χ3v) is 21.6. The molecule has 0 radical (unpaired) electrons. The number of ether oxygens (including phenoxy) is 1. The van der Waals surface area contributed by atoms with Crippen LogP contribution in [0.3, 0.4) is 0 Å². The van der Waals surface area contributed by atoms with Gasteiger partial charge in [-0.1, -0.05) is 115 Å². The van der Waals surface area contributed by atoms with Crippen LogP contribution in [0.2, 0.25) is 0 Å². The SMILES string of the molecule is C=CC1=CC=C(C2(C3=CCCC=C3)C3=C(C=CCC3)C3=C2CC(N(c2ccc(F)c(F)c2)c2ccc4c(c2)OC2C=C(N(C5=CC6=C(CC5)C5=C(CCC=C5)C6(C5=CCCCC5)C5C=CC(C=C)CC5)C5=CC=C(F)C(F)C5)C=CC42)CC3)CC1. The van der Waals surface area contributed by atoms with Gasteiger partial charge in [0.25, 0.3) is 0 Å². The summed E-state index contributed by atoms with van der Waals surface area (Å²) in [6, 6.07) is 10.7. The zero-order valence-electron chi connectivity index (χ0n) is 48.8. The van der Waals surface area contributed by atoms with Crippen molar-refractivity contribution in [3.05, 3.63) is 278 Å². The first kappa shape index (κ1) is 54.3. The van der Waals surface area contributed by atoms with Gasteiger partial charge >= 0.3 is 0 Å². The van der Waals surface area contributed by atoms with E-state index in [1.807, 2.05) is 6.08 Å². The average molecular weight is 1130 g/mol. The normalized spacial score (nSPS) is 30.8. The van der Waals surface area contributed by atoms with Crippen molar-refractivity contribution in [1.82, 2.24) is 4.90 Å². The fourth-order valence-corrected chi connectivity index (χ4v) is 17.8. The average Bonchev–Trinajstić information content (AvgIpc) is 1.66. The predicted molar refractivity (Wildman–Crippen MR) is 337 cm³/mol. The third kappa shape index (κ3) is 8.77. The highest BCUT2D eigenvalue weighted by Crippen LogP contribution is 2.67. The Bertz CT molecular complexity index is 3800. The molecule has 8 unspecified atom stereocenters. The highest BCUT2D eigenvalue weighted by molar-refractivity contribution is 5.74. The van der Waals surface area contributed by atoms with E-state index in [2.05, 4.69) is 144 Å². The maximum Gasteiger partial charge on any atom is 0.160 e. The van der Waals surface area contributed by atoms with Gasteiger partial charge in [-0.3, -0.25) is 0 Å². The molecule has 0 saturated carbocycles. The minimum atomic E-state index is -1.74. The van der Waals surface area contributed by atoms with Gasteiger partial charge in [-0.25, -0.2) is 17.6 Å². The molecule has 3 nitrogen and oxygen atoms in total. The van der Waals surface area contributed by atoms with Gasteiger partial charge in [-0.15, -0.1) is 6.58 Å². The maximum atomic E-state index is 15.9. The monoisotopic (exact) mass is 1130 g/mol. The molecule has 7 heteroatoms. The molecule has 0 spiro atoms. The summed E-state index contributed by atoms with van der Waals surface area (Å²) in [7, 11) is 0. The van der Waals surface area contributed by atoms with Gasteiger partial charge in [-0.05, 0) is 238 Å². The molecule has 0 aromatic heterocycles. The van der Waals surface area contributed by atoms with Crippen molar-refractivity contribution in [2.45, 2.75) is 153 Å². The summed E-state index contributed by atoms with van der Waals surface area (Å²) in [5.41, 5.74) is 21.8. The van der Waals surface area contributed by atoms with Crippen LogP contribution in [0.15, 0.2) is 261 Å². The number of nitrogens with zero attached hydrogens (tertiary/aromatic N) is 2. The summed E-state index contributed by atoms with van der Waals surface area (Å²) >= 11 is 0. The van der Waals surface area contributed by atoms with E-state index in [0.717, 1.165) is 143 Å². The fourth-order valence-electron chi connectivity index (χ4n) is 17.8. The molecular formula is C78H76F4N2O. The summed E-state index contributed by atoms with van der Waals surface area (Å²) in [5, 5.41) is 0. The maximum absolute atomic E-state index is 15.9. The van der Waals surface area contributed by atoms with Crippen LogP contribution in [-0.2, 0) is 0 Å². The first-order chi connectivity index (χ1) is 41.7. The van der Waals surface area contributed by atoms with Gasteiger partial charge < -0.3 is 14.5 Å². The van der Waals surface area contributed by atoms with E-state index in [4.69, 9.17) is 4.74 Å². The standard InChI is InChI=1S/C78H76F4N2O/c1-3-49-23-27-53(28-24-49)77(51-15-7-5-8-16-51)67-21-13-11-19-61(67)63-37-31-55(43-69(63)77)83(57-35-41-71(79)73(81)45-57)59-33-39-65-66-40-34-60(48-76(66)85-75(65)47-59)84(58-36-42-72(80)74(82)46-58)56-32-38-64-62-20-12-14-22-68(62)78(70(64)44-56,52-17-9-6-10-18-52)54-29-25-50(4-2)26-30-54/h3-4,7,11-12,15-17,19-20,23,25,27,29,33-36,39-42,44-45,47-48,50,54-55,66,74,76H,1-2,5-6,8-10,13-14,18,21-22,24,26,28,30-32,37-38,43,46H2. The number of fused-ring (bicyclic) bond motifs is 5. The predicted octanol–water partition coefficient (Wildman–Crippen LogP) is 20.7. The second kappa shape index (κ2) is 21.8. The van der Waals surface area contributed by atoms with Crippen molar-refractivity contribution >= 4 is 11.4 Å². The largest absolute Gasteiger partial charge is 0.485 e. The Kier molecular flexibility index (Phi) is 14.0. The number of allylic oxidation sites excluding steroid dienone is 32. The summed E-state index contributed by atoms with van der Waals surface area (Å²) in [4.78, 5) is 4.50. The number of rotatable bonds is 12. The van der Waals surface area contributed by atoms with Crippen molar-refractivity contribution in [2.75, 3.05) is 4.90 Å². The number of hydrogen-bond donors (Lipinski definition) is 0. The lowest BCUT2D eigenvalue weighted by Gasteiger charge is -2.47. The smallest absolute Gasteiger partial charge is 0.160 e. The quantitative estimate of drug-likeness (QED) is 0.156. The van der Waals surface area contributed by atoms with Crippen molar-refractivity contribution in [2.24, 2.45) is 22.7 Å². The second-order valence-electron chi connectivity index (χ2n) is 25.8. The van der Waals surface area contributed by atoms with E-state index in [-0.39, 0.29) is 35.3 Å². The number of anilines is 2. The highest BCUT2D eigenvalue weighted by Gasteiger charge is 2.55. The van der Waals surface area contributed by atoms with E-state index in [1.54, 1.807) is 23.3 Å². The molecule has 1 heterocycles. The van der Waals surface area contributed by atoms with Crippen LogP contribution in [0.25, 0.3) is 0 Å². The minimum Gasteiger partial charge on any atom is -0.485 e. The Balaban J connectivity index is 0.798. The Morgan fingerprint density at radius 1 is 0.635 bits per heavy atom. The lowest BCUT2D eigenvalue weighted by Crippen LogP contribution is -2.38. The molecule has 0 saturated heterocycles. The van der Waals surface area contributed by atoms with Crippen LogP contribution < -0.4 is 9.64 Å². The van der Waals surface area contributed by atoms with Crippen molar-refractivity contribution in [3.63, 3.8) is 0 Å². The lowest BCUT2D eigenvalue weighted by molar-refractivity contribution is 0.262. The fraction of sp³-hybridized carbons (Fsp3) is 0.359. The molecule has 432 valence electrons. The van der Waals surface area contributed by atoms with Crippen LogP contribution >= 0.6 is 0 Å². The molecule has 2 aromatic carbocycles. The van der Waals surface area contributed by atoms with E-state index in [0.29, 0.717) is 17.5 Å². The number of alkyl halides is 1. The second-order valence-corrected chi connectivity index (χ2v) is 25.8. The number of hydrogen-bond acceptors (Lipinski definition) is 3. The van der Waals surface area contributed by atoms with Gasteiger partial charge in [0.1, 0.15) is 17.7 Å². The van der Waals surface area contributed by atoms with Gasteiger partial charge in [-0.2, -0.15) is 0 Å². The Labute approximate surface area is 500 Å². The van der Waals surface area contributed by atoms with Crippen LogP contribution in [0.5, 0.6) is 5.75 Å². The summed E-state index contributed by atoms with van der Waals surface area (Å²) in [5.74, 6) is -1.18. The Morgan fingerprint density at radius 3 is 2.22 bits per heavy atom. The first-order valence-corrected chi connectivity index (χ1v) is 32.0. The number of halogens is 4. The van der Waals surface area contributed by atoms with Gasteiger partial charge in [0.15, 0.2) is 17.8 Å². The van der Waals surface area contributed by atoms with Gasteiger partial charge in [0, 0.05) is 70.0 Å². The van der Waals surface area contributed by atoms with E-state index in [1.165, 1.54) is 86.8 Å². The number of benzene rings is 2. The minimum absolute atomic E-state index is 0.0769. The molecule has 13 aliphatic rings. The van der Waals surface area contributed by atoms with Crippen LogP contribution in [-0.4, -0.2) is 23.2 Å². The summed E-state index contributed by atoms with van der Waals surface area (Å²) in [6.07, 6.45) is 61.7. The molecule has 12 aliphatic carbocycles.